The second-order valence-corrected chi connectivity index (χ2v) is 4.94. The van der Waals surface area contributed by atoms with Gasteiger partial charge in [0.2, 0.25) is 0 Å². The Morgan fingerprint density at radius 2 is 2.04 bits per heavy atom. The topological polar surface area (TPSA) is 111 Å². The van der Waals surface area contributed by atoms with E-state index in [0.717, 1.165) is 4.57 Å². The summed E-state index contributed by atoms with van der Waals surface area (Å²) in [5, 5.41) is 0. The number of Topliss-reactive ketones (excluding diaryl/α,β-unsaturated/α-hetero) is 1. The zero-order chi connectivity index (χ0) is 17.0. The third-order valence-corrected chi connectivity index (χ3v) is 3.16. The largest absolute Gasteiger partial charge is 0.465 e. The molecule has 0 spiro atoms. The van der Waals surface area contributed by atoms with Crippen molar-refractivity contribution in [1.82, 2.24) is 14.5 Å². The highest BCUT2D eigenvalue weighted by atomic mass is 16.5. The van der Waals surface area contributed by atoms with Crippen LogP contribution in [0.5, 0.6) is 0 Å². The molecule has 0 amide bonds. The average molecular weight is 317 g/mol. The molecule has 0 unspecified atom stereocenters. The van der Waals surface area contributed by atoms with Crippen LogP contribution in [0.3, 0.4) is 0 Å². The van der Waals surface area contributed by atoms with Gasteiger partial charge in [-0.2, -0.15) is 0 Å². The summed E-state index contributed by atoms with van der Waals surface area (Å²) in [6.07, 6.45) is 2.67. The molecular weight excluding hydrogens is 302 g/mol. The van der Waals surface area contributed by atoms with Gasteiger partial charge in [0, 0.05) is 23.7 Å². The van der Waals surface area contributed by atoms with Gasteiger partial charge in [-0.3, -0.25) is 24.1 Å². The number of hydrogen-bond acceptors (Lipinski definition) is 6. The first kappa shape index (κ1) is 16.3. The third kappa shape index (κ3) is 4.00. The van der Waals surface area contributed by atoms with E-state index >= 15 is 0 Å². The summed E-state index contributed by atoms with van der Waals surface area (Å²) in [6.45, 7) is 1.38. The molecule has 0 aromatic carbocycles. The lowest BCUT2D eigenvalue weighted by Crippen LogP contribution is -2.33. The number of H-pyrrole nitrogens is 1. The summed E-state index contributed by atoms with van der Waals surface area (Å²) < 4.78 is 5.70. The lowest BCUT2D eigenvalue weighted by atomic mass is 10.1. The van der Waals surface area contributed by atoms with Gasteiger partial charge in [0.25, 0.3) is 5.56 Å². The fourth-order valence-corrected chi connectivity index (χ4v) is 1.95. The van der Waals surface area contributed by atoms with Gasteiger partial charge in [0.05, 0.1) is 25.6 Å². The third-order valence-electron chi connectivity index (χ3n) is 3.16. The smallest absolute Gasteiger partial charge is 0.339 e. The molecule has 0 fully saturated rings. The van der Waals surface area contributed by atoms with Crippen molar-refractivity contribution in [1.29, 1.82) is 0 Å². The molecule has 0 bridgehead atoms. The molecule has 0 atom stereocenters. The highest BCUT2D eigenvalue weighted by Gasteiger charge is 2.10. The van der Waals surface area contributed by atoms with Gasteiger partial charge in [0.1, 0.15) is 0 Å². The minimum absolute atomic E-state index is 0.00602. The van der Waals surface area contributed by atoms with Crippen LogP contribution in [0.25, 0.3) is 0 Å². The first-order valence-corrected chi connectivity index (χ1v) is 6.76. The molecule has 2 rings (SSSR count). The Bertz CT molecular complexity index is 849. The van der Waals surface area contributed by atoms with Crippen LogP contribution in [0.4, 0.5) is 0 Å². The molecule has 0 aliphatic heterocycles. The molecule has 0 radical (unpaired) electrons. The molecule has 2 heterocycles. The van der Waals surface area contributed by atoms with E-state index < -0.39 is 17.2 Å². The number of methoxy groups -OCH3 is 1. The quantitative estimate of drug-likeness (QED) is 0.767. The van der Waals surface area contributed by atoms with Gasteiger partial charge in [-0.1, -0.05) is 0 Å². The van der Waals surface area contributed by atoms with Crippen LogP contribution < -0.4 is 11.2 Å². The fourth-order valence-electron chi connectivity index (χ4n) is 1.95. The number of ketones is 1. The Kier molecular flexibility index (Phi) is 4.85. The molecule has 120 valence electrons. The van der Waals surface area contributed by atoms with Gasteiger partial charge in [-0.05, 0) is 19.1 Å². The number of esters is 1. The predicted molar refractivity (Wildman–Crippen MR) is 80.3 cm³/mol. The van der Waals surface area contributed by atoms with Crippen LogP contribution in [0, 0.1) is 6.92 Å². The van der Waals surface area contributed by atoms with Crippen LogP contribution in [0.2, 0.25) is 0 Å². The minimum atomic E-state index is -0.636. The van der Waals surface area contributed by atoms with Gasteiger partial charge in [-0.15, -0.1) is 0 Å². The molecule has 23 heavy (non-hydrogen) atoms. The zero-order valence-electron chi connectivity index (χ0n) is 12.7. The van der Waals surface area contributed by atoms with E-state index in [0.29, 0.717) is 11.3 Å². The standard InChI is InChI=1S/C15H15N3O5/c1-9-7-18(15(22)17-13(9)20)8-12(19)5-11-4-3-10(6-16-11)14(21)23-2/h3-4,6-7H,5,8H2,1-2H3,(H,17,20,22). The Morgan fingerprint density at radius 1 is 1.30 bits per heavy atom. The molecule has 2 aromatic rings. The lowest BCUT2D eigenvalue weighted by Gasteiger charge is -2.05. The maximum Gasteiger partial charge on any atom is 0.339 e. The summed E-state index contributed by atoms with van der Waals surface area (Å²) in [5.74, 6) is -0.762. The van der Waals surface area contributed by atoms with Crippen LogP contribution in [0.1, 0.15) is 21.6 Å². The van der Waals surface area contributed by atoms with Gasteiger partial charge >= 0.3 is 11.7 Å². The number of nitrogens with one attached hydrogen (secondary N) is 1. The molecule has 0 saturated heterocycles. The number of hydrogen-bond donors (Lipinski definition) is 1. The summed E-state index contributed by atoms with van der Waals surface area (Å²) in [6, 6.07) is 3.06. The zero-order valence-corrected chi connectivity index (χ0v) is 12.7. The van der Waals surface area contributed by atoms with E-state index in [1.165, 1.54) is 25.6 Å². The number of aryl methyl sites for hydroxylation is 1. The highest BCUT2D eigenvalue weighted by Crippen LogP contribution is 2.03. The first-order valence-electron chi connectivity index (χ1n) is 6.76. The van der Waals surface area contributed by atoms with E-state index in [1.807, 2.05) is 0 Å². The Morgan fingerprint density at radius 3 is 2.65 bits per heavy atom. The number of ether oxygens (including phenoxy) is 1. The van der Waals surface area contributed by atoms with Crippen molar-refractivity contribution < 1.29 is 14.3 Å². The van der Waals surface area contributed by atoms with E-state index in [1.54, 1.807) is 13.0 Å². The summed E-state index contributed by atoms with van der Waals surface area (Å²) in [5.41, 5.74) is -0.00676. The number of aromatic nitrogens is 3. The number of carbonyl (C=O) groups is 2. The predicted octanol–water partition coefficient (Wildman–Crippen LogP) is -0.162. The van der Waals surface area contributed by atoms with Gasteiger partial charge < -0.3 is 4.74 Å². The van der Waals surface area contributed by atoms with E-state index in [9.17, 15) is 19.2 Å². The average Bonchev–Trinajstić information content (AvgIpc) is 2.52. The molecule has 0 aliphatic rings. The molecule has 0 saturated carbocycles. The molecule has 1 N–H and O–H groups in total. The molecule has 8 nitrogen and oxygen atoms in total. The Labute approximate surface area is 130 Å². The van der Waals surface area contributed by atoms with Crippen LogP contribution in [-0.2, 0) is 22.5 Å². The van der Waals surface area contributed by atoms with E-state index in [4.69, 9.17) is 0 Å². The summed E-state index contributed by atoms with van der Waals surface area (Å²) in [4.78, 5) is 52.4. The van der Waals surface area contributed by atoms with Crippen molar-refractivity contribution in [2.24, 2.45) is 0 Å². The van der Waals surface area contributed by atoms with E-state index in [-0.39, 0.29) is 24.3 Å². The monoisotopic (exact) mass is 317 g/mol. The van der Waals surface area contributed by atoms with Crippen LogP contribution in [-0.4, -0.2) is 33.4 Å². The Hall–Kier alpha value is -3.03. The molecular formula is C15H15N3O5. The maximum atomic E-state index is 12.0. The summed E-state index contributed by atoms with van der Waals surface area (Å²) >= 11 is 0. The fraction of sp³-hybridized carbons (Fsp3) is 0.267. The van der Waals surface area contributed by atoms with Crippen molar-refractivity contribution in [3.05, 3.63) is 62.2 Å². The van der Waals surface area contributed by atoms with E-state index in [2.05, 4.69) is 14.7 Å². The number of nitrogens with zero attached hydrogens (tertiary/aromatic N) is 2. The van der Waals surface area contributed by atoms with Crippen molar-refractivity contribution >= 4 is 11.8 Å². The maximum absolute atomic E-state index is 12.0. The lowest BCUT2D eigenvalue weighted by molar-refractivity contribution is -0.119. The van der Waals surface area contributed by atoms with Crippen molar-refractivity contribution in [2.45, 2.75) is 19.9 Å². The second kappa shape index (κ2) is 6.82. The highest BCUT2D eigenvalue weighted by molar-refractivity contribution is 5.89. The number of rotatable bonds is 5. The van der Waals surface area contributed by atoms with Crippen molar-refractivity contribution in [3.63, 3.8) is 0 Å². The Balaban J connectivity index is 2.08. The second-order valence-electron chi connectivity index (χ2n) is 4.94. The molecule has 8 heteroatoms. The van der Waals surface area contributed by atoms with Crippen LogP contribution >= 0.6 is 0 Å². The van der Waals surface area contributed by atoms with Crippen molar-refractivity contribution in [2.75, 3.05) is 7.11 Å². The number of pyridine rings is 1. The summed E-state index contributed by atoms with van der Waals surface area (Å²) in [7, 11) is 1.27. The van der Waals surface area contributed by atoms with Crippen LogP contribution in [0.15, 0.2) is 34.1 Å². The number of aromatic amines is 1. The minimum Gasteiger partial charge on any atom is -0.465 e. The normalized spacial score (nSPS) is 10.3. The van der Waals surface area contributed by atoms with Crippen molar-refractivity contribution in [3.8, 4) is 0 Å². The SMILES string of the molecule is COC(=O)c1ccc(CC(=O)Cn2cc(C)c(=O)[nH]c2=O)nc1. The van der Waals surface area contributed by atoms with Gasteiger partial charge in [0.15, 0.2) is 5.78 Å². The molecule has 0 aliphatic carbocycles. The molecule has 2 aromatic heterocycles. The first-order chi connectivity index (χ1) is 10.9. The van der Waals surface area contributed by atoms with Gasteiger partial charge in [-0.25, -0.2) is 9.59 Å². The number of carbonyl (C=O) groups excluding carboxylic acids is 2.